The third-order valence-corrected chi connectivity index (χ3v) is 4.59. The fourth-order valence-electron chi connectivity index (χ4n) is 2.90. The van der Waals surface area contributed by atoms with E-state index in [4.69, 9.17) is 5.73 Å². The maximum atomic E-state index is 14.2. The number of nitrogens with zero attached hydrogens (tertiary/aromatic N) is 3. The first kappa shape index (κ1) is 21.2. The minimum absolute atomic E-state index is 0.192. The molecule has 3 aromatic rings. The number of amides is 1. The number of aromatic nitrogens is 3. The molecule has 156 valence electrons. The van der Waals surface area contributed by atoms with Crippen LogP contribution in [0.4, 0.5) is 21.6 Å². The lowest BCUT2D eigenvalue weighted by Crippen LogP contribution is -2.15. The van der Waals surface area contributed by atoms with Crippen LogP contribution in [0.1, 0.15) is 47.9 Å². The van der Waals surface area contributed by atoms with Gasteiger partial charge in [0.05, 0.1) is 17.6 Å². The molecule has 0 saturated heterocycles. The summed E-state index contributed by atoms with van der Waals surface area (Å²) >= 11 is 0. The zero-order valence-corrected chi connectivity index (χ0v) is 16.9. The Bertz CT molecular complexity index is 993. The van der Waals surface area contributed by atoms with Gasteiger partial charge >= 0.3 is 0 Å². The Morgan fingerprint density at radius 3 is 2.73 bits per heavy atom. The van der Waals surface area contributed by atoms with Gasteiger partial charge in [-0.1, -0.05) is 19.8 Å². The molecule has 1 aromatic carbocycles. The molecule has 0 spiro atoms. The van der Waals surface area contributed by atoms with Crippen molar-refractivity contribution in [2.45, 2.75) is 39.2 Å². The van der Waals surface area contributed by atoms with Crippen LogP contribution >= 0.6 is 0 Å². The van der Waals surface area contributed by atoms with E-state index in [1.54, 1.807) is 30.6 Å². The fraction of sp³-hybridized carbons (Fsp3) is 0.273. The van der Waals surface area contributed by atoms with E-state index in [2.05, 4.69) is 32.5 Å². The van der Waals surface area contributed by atoms with Crippen molar-refractivity contribution in [1.29, 1.82) is 0 Å². The normalized spacial score (nSPS) is 10.6. The minimum atomic E-state index is -0.398. The van der Waals surface area contributed by atoms with E-state index in [-0.39, 0.29) is 18.1 Å². The molecule has 3 rings (SSSR count). The number of anilines is 3. The summed E-state index contributed by atoms with van der Waals surface area (Å²) in [4.78, 5) is 24.9. The second kappa shape index (κ2) is 10.3. The molecule has 2 aromatic heterocycles. The van der Waals surface area contributed by atoms with Gasteiger partial charge in [-0.05, 0) is 43.2 Å². The van der Waals surface area contributed by atoms with Crippen molar-refractivity contribution >= 4 is 23.1 Å². The monoisotopic (exact) mass is 408 g/mol. The van der Waals surface area contributed by atoms with E-state index in [1.807, 2.05) is 0 Å². The molecule has 0 bridgehead atoms. The molecule has 1 amide bonds. The summed E-state index contributed by atoms with van der Waals surface area (Å²) in [6.07, 6.45) is 8.85. The molecule has 0 aliphatic heterocycles. The Morgan fingerprint density at radius 1 is 1.13 bits per heavy atom. The van der Waals surface area contributed by atoms with Crippen molar-refractivity contribution in [1.82, 2.24) is 15.0 Å². The molecule has 2 heterocycles. The number of carbonyl (C=O) groups is 1. The van der Waals surface area contributed by atoms with Crippen molar-refractivity contribution in [2.75, 3.05) is 16.4 Å². The number of hydrogen-bond donors (Lipinski definition) is 3. The van der Waals surface area contributed by atoms with Crippen LogP contribution in [0.5, 0.6) is 0 Å². The molecular weight excluding hydrogens is 383 g/mol. The molecule has 30 heavy (non-hydrogen) atoms. The van der Waals surface area contributed by atoms with Gasteiger partial charge in [-0.2, -0.15) is 0 Å². The number of unbranched alkanes of at least 4 members (excludes halogenated alkanes) is 2. The van der Waals surface area contributed by atoms with Gasteiger partial charge in [0.15, 0.2) is 0 Å². The summed E-state index contributed by atoms with van der Waals surface area (Å²) in [5.41, 5.74) is 8.32. The van der Waals surface area contributed by atoms with Crippen molar-refractivity contribution in [3.8, 4) is 0 Å². The largest absolute Gasteiger partial charge is 0.382 e. The molecule has 0 aliphatic carbocycles. The predicted molar refractivity (Wildman–Crippen MR) is 116 cm³/mol. The van der Waals surface area contributed by atoms with Crippen LogP contribution in [0.2, 0.25) is 0 Å². The lowest BCUT2D eigenvalue weighted by atomic mass is 10.1. The highest BCUT2D eigenvalue weighted by molar-refractivity contribution is 6.02. The topological polar surface area (TPSA) is 106 Å². The average molecular weight is 408 g/mol. The number of halogens is 1. The standard InChI is InChI=1S/C22H25FN6O/c1-2-3-4-6-17-13-28-20(14-26-17)22(30)29-16-8-9-18(23)15(11-16)12-27-19-7-5-10-25-21(19)24/h5,7-11,13-14,27H,2-4,6,12H2,1H3,(H2,24,25)(H,29,30). The molecule has 0 unspecified atom stereocenters. The van der Waals surface area contributed by atoms with Crippen molar-refractivity contribution < 1.29 is 9.18 Å². The van der Waals surface area contributed by atoms with E-state index in [0.29, 0.717) is 22.8 Å². The number of pyridine rings is 1. The number of rotatable bonds is 9. The molecule has 4 N–H and O–H groups in total. The van der Waals surface area contributed by atoms with Crippen LogP contribution in [0.3, 0.4) is 0 Å². The molecular formula is C22H25FN6O. The minimum Gasteiger partial charge on any atom is -0.382 e. The Balaban J connectivity index is 1.63. The Kier molecular flexibility index (Phi) is 7.26. The van der Waals surface area contributed by atoms with Crippen LogP contribution in [0.25, 0.3) is 0 Å². The Labute approximate surface area is 175 Å². The van der Waals surface area contributed by atoms with Gasteiger partial charge in [-0.15, -0.1) is 0 Å². The van der Waals surface area contributed by atoms with Crippen LogP contribution in [0.15, 0.2) is 48.9 Å². The second-order valence-corrected chi connectivity index (χ2v) is 6.90. The first-order valence-electron chi connectivity index (χ1n) is 9.92. The zero-order valence-electron chi connectivity index (χ0n) is 16.9. The third-order valence-electron chi connectivity index (χ3n) is 4.59. The summed E-state index contributed by atoms with van der Waals surface area (Å²) in [7, 11) is 0. The van der Waals surface area contributed by atoms with Gasteiger partial charge in [0, 0.05) is 30.2 Å². The number of hydrogen-bond acceptors (Lipinski definition) is 6. The van der Waals surface area contributed by atoms with E-state index in [9.17, 15) is 9.18 Å². The molecule has 0 radical (unpaired) electrons. The summed E-state index contributed by atoms with van der Waals surface area (Å²) in [6, 6.07) is 7.88. The quantitative estimate of drug-likeness (QED) is 0.459. The highest BCUT2D eigenvalue weighted by Crippen LogP contribution is 2.19. The molecule has 0 atom stereocenters. The number of carbonyl (C=O) groups excluding carboxylic acids is 1. The smallest absolute Gasteiger partial charge is 0.275 e. The average Bonchev–Trinajstić information content (AvgIpc) is 2.75. The van der Waals surface area contributed by atoms with E-state index < -0.39 is 5.91 Å². The number of benzene rings is 1. The summed E-state index contributed by atoms with van der Waals surface area (Å²) < 4.78 is 14.2. The lowest BCUT2D eigenvalue weighted by molar-refractivity contribution is 0.102. The molecule has 0 aliphatic rings. The summed E-state index contributed by atoms with van der Waals surface area (Å²) in [6.45, 7) is 2.34. The molecule has 0 fully saturated rings. The first-order valence-corrected chi connectivity index (χ1v) is 9.92. The van der Waals surface area contributed by atoms with E-state index in [1.165, 1.54) is 18.3 Å². The highest BCUT2D eigenvalue weighted by Gasteiger charge is 2.11. The molecule has 8 heteroatoms. The zero-order chi connectivity index (χ0) is 21.3. The van der Waals surface area contributed by atoms with Crippen molar-refractivity contribution in [2.24, 2.45) is 0 Å². The SMILES string of the molecule is CCCCCc1cnc(C(=O)Nc2ccc(F)c(CNc3cccnc3N)c2)cn1. The highest BCUT2D eigenvalue weighted by atomic mass is 19.1. The van der Waals surface area contributed by atoms with Gasteiger partial charge < -0.3 is 16.4 Å². The van der Waals surface area contributed by atoms with Crippen molar-refractivity contribution in [3.63, 3.8) is 0 Å². The van der Waals surface area contributed by atoms with Gasteiger partial charge in [0.25, 0.3) is 5.91 Å². The van der Waals surface area contributed by atoms with Gasteiger partial charge in [-0.25, -0.2) is 14.4 Å². The van der Waals surface area contributed by atoms with Gasteiger partial charge in [0.1, 0.15) is 17.3 Å². The summed E-state index contributed by atoms with van der Waals surface area (Å²) in [5.74, 6) is -0.456. The third kappa shape index (κ3) is 5.73. The number of nitrogen functional groups attached to an aromatic ring is 1. The second-order valence-electron chi connectivity index (χ2n) is 6.90. The van der Waals surface area contributed by atoms with Crippen LogP contribution in [-0.2, 0) is 13.0 Å². The van der Waals surface area contributed by atoms with Crippen LogP contribution < -0.4 is 16.4 Å². The van der Waals surface area contributed by atoms with Crippen LogP contribution in [0, 0.1) is 5.82 Å². The molecule has 0 saturated carbocycles. The fourth-order valence-corrected chi connectivity index (χ4v) is 2.90. The molecule has 7 nitrogen and oxygen atoms in total. The number of nitrogens with two attached hydrogens (primary N) is 1. The van der Waals surface area contributed by atoms with E-state index >= 15 is 0 Å². The number of nitrogens with one attached hydrogen (secondary N) is 2. The maximum Gasteiger partial charge on any atom is 0.275 e. The Morgan fingerprint density at radius 2 is 2.00 bits per heavy atom. The van der Waals surface area contributed by atoms with Gasteiger partial charge in [-0.3, -0.25) is 9.78 Å². The summed E-state index contributed by atoms with van der Waals surface area (Å²) in [5, 5.41) is 5.78. The first-order chi connectivity index (χ1) is 14.6. The van der Waals surface area contributed by atoms with Gasteiger partial charge in [0.2, 0.25) is 0 Å². The maximum absolute atomic E-state index is 14.2. The van der Waals surface area contributed by atoms with E-state index in [0.717, 1.165) is 31.4 Å². The Hall–Kier alpha value is -3.55. The lowest BCUT2D eigenvalue weighted by Gasteiger charge is -2.11. The predicted octanol–water partition coefficient (Wildman–Crippen LogP) is 4.19. The number of aryl methyl sites for hydroxylation is 1. The van der Waals surface area contributed by atoms with Crippen LogP contribution in [-0.4, -0.2) is 20.9 Å². The van der Waals surface area contributed by atoms with Crippen molar-refractivity contribution in [3.05, 3.63) is 71.7 Å².